The molecule has 0 aromatic carbocycles. The molecule has 0 fully saturated rings. The highest BCUT2D eigenvalue weighted by Crippen LogP contribution is 2.12. The Balaban J connectivity index is 1.92. The van der Waals surface area contributed by atoms with Crippen molar-refractivity contribution < 1.29 is 0 Å². The van der Waals surface area contributed by atoms with Crippen molar-refractivity contribution in [2.75, 3.05) is 23.7 Å². The smallest absolute Gasteiger partial charge is 0.224 e. The minimum absolute atomic E-state index is 0.678. The summed E-state index contributed by atoms with van der Waals surface area (Å²) >= 11 is 0. The van der Waals surface area contributed by atoms with Crippen molar-refractivity contribution in [3.05, 3.63) is 30.0 Å². The lowest BCUT2D eigenvalue weighted by molar-refractivity contribution is 0.788. The summed E-state index contributed by atoms with van der Waals surface area (Å²) in [4.78, 5) is 13.1. The topological polar surface area (TPSA) is 67.7 Å². The molecule has 0 atom stereocenters. The Bertz CT molecular complexity index is 548. The van der Waals surface area contributed by atoms with Gasteiger partial charge in [-0.25, -0.2) is 9.97 Å². The van der Waals surface area contributed by atoms with Gasteiger partial charge in [0, 0.05) is 50.7 Å². The summed E-state index contributed by atoms with van der Waals surface area (Å²) in [5, 5.41) is 6.55. The van der Waals surface area contributed by atoms with Gasteiger partial charge >= 0.3 is 0 Å². The van der Waals surface area contributed by atoms with E-state index in [-0.39, 0.29) is 0 Å². The minimum Gasteiger partial charge on any atom is -0.369 e. The number of anilines is 2. The number of imidazole rings is 1. The van der Waals surface area contributed by atoms with E-state index in [1.807, 2.05) is 37.1 Å². The molecule has 0 spiro atoms. The molecular formula is C14H22N6. The first-order valence-corrected chi connectivity index (χ1v) is 6.98. The Hall–Kier alpha value is -2.11. The molecule has 0 bridgehead atoms. The number of aryl methyl sites for hydroxylation is 2. The highest BCUT2D eigenvalue weighted by Gasteiger charge is 2.04. The molecule has 108 valence electrons. The summed E-state index contributed by atoms with van der Waals surface area (Å²) in [5.74, 6) is 2.62. The van der Waals surface area contributed by atoms with E-state index < -0.39 is 0 Å². The van der Waals surface area contributed by atoms with E-state index in [1.165, 1.54) is 0 Å². The second-order valence-electron chi connectivity index (χ2n) is 4.78. The van der Waals surface area contributed by atoms with Gasteiger partial charge in [-0.05, 0) is 13.3 Å². The Morgan fingerprint density at radius 2 is 2.05 bits per heavy atom. The third kappa shape index (κ3) is 3.69. The van der Waals surface area contributed by atoms with Crippen molar-refractivity contribution in [1.82, 2.24) is 19.5 Å². The van der Waals surface area contributed by atoms with Crippen LogP contribution in [0, 0.1) is 6.92 Å². The second-order valence-corrected chi connectivity index (χ2v) is 4.78. The van der Waals surface area contributed by atoms with Crippen molar-refractivity contribution in [3.8, 4) is 0 Å². The van der Waals surface area contributed by atoms with E-state index in [0.717, 1.165) is 43.1 Å². The first-order valence-electron chi connectivity index (χ1n) is 6.98. The van der Waals surface area contributed by atoms with Gasteiger partial charge in [-0.3, -0.25) is 0 Å². The zero-order chi connectivity index (χ0) is 14.4. The van der Waals surface area contributed by atoms with Gasteiger partial charge < -0.3 is 15.2 Å². The van der Waals surface area contributed by atoms with Crippen molar-refractivity contribution in [2.24, 2.45) is 7.05 Å². The van der Waals surface area contributed by atoms with Crippen LogP contribution < -0.4 is 10.6 Å². The maximum absolute atomic E-state index is 4.49. The fourth-order valence-corrected chi connectivity index (χ4v) is 1.87. The van der Waals surface area contributed by atoms with Crippen LogP contribution in [-0.2, 0) is 13.5 Å². The lowest BCUT2D eigenvalue weighted by Crippen LogP contribution is -2.12. The molecule has 0 radical (unpaired) electrons. The van der Waals surface area contributed by atoms with E-state index in [0.29, 0.717) is 5.95 Å². The standard InChI is InChI=1S/C14H22N6/c1-4-6-17-14-18-10-11(2)13(19-14)16-7-5-12-15-8-9-20(12)3/h8-10H,4-7H2,1-3H3,(H2,16,17,18,19). The van der Waals surface area contributed by atoms with Gasteiger partial charge in [0.05, 0.1) is 0 Å². The molecular weight excluding hydrogens is 252 g/mol. The summed E-state index contributed by atoms with van der Waals surface area (Å²) in [5.41, 5.74) is 1.05. The molecule has 0 aliphatic heterocycles. The van der Waals surface area contributed by atoms with E-state index in [1.54, 1.807) is 0 Å². The van der Waals surface area contributed by atoms with E-state index in [9.17, 15) is 0 Å². The highest BCUT2D eigenvalue weighted by atomic mass is 15.1. The van der Waals surface area contributed by atoms with Crippen LogP contribution in [0.25, 0.3) is 0 Å². The molecule has 0 aliphatic rings. The average Bonchev–Trinajstić information content (AvgIpc) is 2.85. The van der Waals surface area contributed by atoms with Gasteiger partial charge in [-0.1, -0.05) is 6.92 Å². The Morgan fingerprint density at radius 3 is 2.75 bits per heavy atom. The molecule has 2 aromatic rings. The molecule has 2 N–H and O–H groups in total. The van der Waals surface area contributed by atoms with E-state index >= 15 is 0 Å². The number of rotatable bonds is 7. The monoisotopic (exact) mass is 274 g/mol. The molecule has 0 saturated carbocycles. The van der Waals surface area contributed by atoms with Gasteiger partial charge in [0.15, 0.2) is 0 Å². The predicted molar refractivity (Wildman–Crippen MR) is 81.0 cm³/mol. The van der Waals surface area contributed by atoms with Gasteiger partial charge in [-0.2, -0.15) is 4.98 Å². The summed E-state index contributed by atoms with van der Waals surface area (Å²) in [6.07, 6.45) is 7.54. The summed E-state index contributed by atoms with van der Waals surface area (Å²) < 4.78 is 2.03. The van der Waals surface area contributed by atoms with Crippen LogP contribution in [-0.4, -0.2) is 32.6 Å². The maximum Gasteiger partial charge on any atom is 0.224 e. The fraction of sp³-hybridized carbons (Fsp3) is 0.500. The molecule has 0 aliphatic carbocycles. The fourth-order valence-electron chi connectivity index (χ4n) is 1.87. The van der Waals surface area contributed by atoms with Crippen LogP contribution in [0.5, 0.6) is 0 Å². The lowest BCUT2D eigenvalue weighted by Gasteiger charge is -2.10. The lowest BCUT2D eigenvalue weighted by atomic mass is 10.3. The molecule has 6 nitrogen and oxygen atoms in total. The largest absolute Gasteiger partial charge is 0.369 e. The molecule has 0 amide bonds. The van der Waals surface area contributed by atoms with Crippen LogP contribution in [0.15, 0.2) is 18.6 Å². The zero-order valence-electron chi connectivity index (χ0n) is 12.3. The second kappa shape index (κ2) is 6.88. The predicted octanol–water partition coefficient (Wildman–Crippen LogP) is 2.00. The molecule has 2 rings (SSSR count). The SMILES string of the molecule is CCCNc1ncc(C)c(NCCc2nccn2C)n1. The Kier molecular flexibility index (Phi) is 4.92. The average molecular weight is 274 g/mol. The van der Waals surface area contributed by atoms with Crippen molar-refractivity contribution in [1.29, 1.82) is 0 Å². The Labute approximate surface area is 119 Å². The summed E-state index contributed by atoms with van der Waals surface area (Å²) in [6, 6.07) is 0. The van der Waals surface area contributed by atoms with Crippen LogP contribution >= 0.6 is 0 Å². The number of hydrogen-bond donors (Lipinski definition) is 2. The number of nitrogens with zero attached hydrogens (tertiary/aromatic N) is 4. The van der Waals surface area contributed by atoms with E-state index in [2.05, 4.69) is 32.5 Å². The summed E-state index contributed by atoms with van der Waals surface area (Å²) in [7, 11) is 2.01. The first kappa shape index (κ1) is 14.3. The van der Waals surface area contributed by atoms with Crippen LogP contribution in [0.3, 0.4) is 0 Å². The van der Waals surface area contributed by atoms with Crippen LogP contribution in [0.4, 0.5) is 11.8 Å². The van der Waals surface area contributed by atoms with Gasteiger partial charge in [0.1, 0.15) is 11.6 Å². The molecule has 2 heterocycles. The van der Waals surface area contributed by atoms with Crippen molar-refractivity contribution >= 4 is 11.8 Å². The normalized spacial score (nSPS) is 10.6. The maximum atomic E-state index is 4.49. The summed E-state index contributed by atoms with van der Waals surface area (Å²) in [6.45, 7) is 5.81. The first-order chi connectivity index (χ1) is 9.70. The van der Waals surface area contributed by atoms with E-state index in [4.69, 9.17) is 0 Å². The highest BCUT2D eigenvalue weighted by molar-refractivity contribution is 5.46. The molecule has 2 aromatic heterocycles. The van der Waals surface area contributed by atoms with Gasteiger partial charge in [0.2, 0.25) is 5.95 Å². The number of nitrogens with one attached hydrogen (secondary N) is 2. The molecule has 20 heavy (non-hydrogen) atoms. The molecule has 0 unspecified atom stereocenters. The number of aromatic nitrogens is 4. The number of hydrogen-bond acceptors (Lipinski definition) is 5. The van der Waals surface area contributed by atoms with Crippen LogP contribution in [0.2, 0.25) is 0 Å². The quantitative estimate of drug-likeness (QED) is 0.808. The third-order valence-corrected chi connectivity index (χ3v) is 3.07. The van der Waals surface area contributed by atoms with Crippen molar-refractivity contribution in [3.63, 3.8) is 0 Å². The van der Waals surface area contributed by atoms with Gasteiger partial charge in [-0.15, -0.1) is 0 Å². The van der Waals surface area contributed by atoms with Crippen LogP contribution in [0.1, 0.15) is 24.7 Å². The zero-order valence-corrected chi connectivity index (χ0v) is 12.3. The molecule has 0 saturated heterocycles. The molecule has 6 heteroatoms. The van der Waals surface area contributed by atoms with Gasteiger partial charge in [0.25, 0.3) is 0 Å². The minimum atomic E-state index is 0.678. The third-order valence-electron chi connectivity index (χ3n) is 3.07. The van der Waals surface area contributed by atoms with Crippen molar-refractivity contribution in [2.45, 2.75) is 26.7 Å². The Morgan fingerprint density at radius 1 is 1.20 bits per heavy atom.